The Labute approximate surface area is 163 Å². The number of aliphatic hydroxyl groups excluding tert-OH is 1. The number of halogens is 1. The molecule has 0 saturated heterocycles. The van der Waals surface area contributed by atoms with E-state index in [0.29, 0.717) is 18.0 Å². The molecular weight excluding hydrogens is 416 g/mol. The number of amides is 1. The minimum atomic E-state index is -0.210. The first-order valence-corrected chi connectivity index (χ1v) is 10.0. The average Bonchev–Trinajstić information content (AvgIpc) is 3.28. The summed E-state index contributed by atoms with van der Waals surface area (Å²) in [5, 5.41) is 15.5. The van der Waals surface area contributed by atoms with E-state index >= 15 is 0 Å². The SMILES string of the molecule is O=C(c1noc2c1CCc1sccc1-2)N(CCO)Cc1ccccc1Br. The summed E-state index contributed by atoms with van der Waals surface area (Å²) in [5.74, 6) is 0.499. The number of fused-ring (bicyclic) bond motifs is 3. The molecule has 0 spiro atoms. The second-order valence-electron chi connectivity index (χ2n) is 6.14. The van der Waals surface area contributed by atoms with Gasteiger partial charge in [0.2, 0.25) is 0 Å². The van der Waals surface area contributed by atoms with Crippen LogP contribution >= 0.6 is 27.3 Å². The second-order valence-corrected chi connectivity index (χ2v) is 7.99. The van der Waals surface area contributed by atoms with Gasteiger partial charge in [0.05, 0.1) is 6.61 Å². The lowest BCUT2D eigenvalue weighted by molar-refractivity contribution is 0.0696. The highest BCUT2D eigenvalue weighted by Crippen LogP contribution is 2.38. The number of nitrogens with zero attached hydrogens (tertiary/aromatic N) is 2. The number of aliphatic hydroxyl groups is 1. The molecule has 26 heavy (non-hydrogen) atoms. The number of aryl methyl sites for hydroxylation is 1. The Morgan fingerprint density at radius 3 is 2.96 bits per heavy atom. The minimum Gasteiger partial charge on any atom is -0.395 e. The molecule has 0 bridgehead atoms. The molecule has 7 heteroatoms. The third-order valence-electron chi connectivity index (χ3n) is 4.56. The van der Waals surface area contributed by atoms with Crippen LogP contribution in [0.25, 0.3) is 11.3 Å². The van der Waals surface area contributed by atoms with Crippen LogP contribution in [0.1, 0.15) is 26.5 Å². The largest absolute Gasteiger partial charge is 0.395 e. The van der Waals surface area contributed by atoms with Crippen LogP contribution in [0.15, 0.2) is 44.7 Å². The van der Waals surface area contributed by atoms with Crippen LogP contribution in [0.3, 0.4) is 0 Å². The van der Waals surface area contributed by atoms with Crippen molar-refractivity contribution in [2.24, 2.45) is 0 Å². The van der Waals surface area contributed by atoms with E-state index in [1.54, 1.807) is 16.2 Å². The van der Waals surface area contributed by atoms with Crippen LogP contribution in [0.2, 0.25) is 0 Å². The maximum atomic E-state index is 13.1. The lowest BCUT2D eigenvalue weighted by Crippen LogP contribution is -2.34. The van der Waals surface area contributed by atoms with Crippen LogP contribution in [0, 0.1) is 0 Å². The number of hydrogen-bond acceptors (Lipinski definition) is 5. The number of carbonyl (C=O) groups is 1. The number of hydrogen-bond donors (Lipinski definition) is 1. The van der Waals surface area contributed by atoms with E-state index < -0.39 is 0 Å². The molecule has 1 aliphatic rings. The van der Waals surface area contributed by atoms with Gasteiger partial charge in [-0.3, -0.25) is 4.79 Å². The van der Waals surface area contributed by atoms with E-state index in [4.69, 9.17) is 4.52 Å². The Morgan fingerprint density at radius 1 is 1.31 bits per heavy atom. The van der Waals surface area contributed by atoms with Gasteiger partial charge in [-0.25, -0.2) is 0 Å². The van der Waals surface area contributed by atoms with Crippen LogP contribution in [0.4, 0.5) is 0 Å². The Morgan fingerprint density at radius 2 is 2.15 bits per heavy atom. The Bertz CT molecular complexity index is 950. The van der Waals surface area contributed by atoms with Gasteiger partial charge in [0.25, 0.3) is 5.91 Å². The van der Waals surface area contributed by atoms with Crippen molar-refractivity contribution in [3.8, 4) is 11.3 Å². The van der Waals surface area contributed by atoms with Gasteiger partial charge >= 0.3 is 0 Å². The highest BCUT2D eigenvalue weighted by molar-refractivity contribution is 9.10. The molecule has 1 amide bonds. The van der Waals surface area contributed by atoms with Gasteiger partial charge in [-0.2, -0.15) is 0 Å². The van der Waals surface area contributed by atoms with Gasteiger partial charge in [0, 0.05) is 33.6 Å². The van der Waals surface area contributed by atoms with Crippen LogP contribution in [-0.2, 0) is 19.4 Å². The molecular formula is C19H17BrN2O3S. The molecule has 1 aliphatic carbocycles. The van der Waals surface area contributed by atoms with Crippen molar-refractivity contribution in [1.82, 2.24) is 10.1 Å². The van der Waals surface area contributed by atoms with Crippen molar-refractivity contribution in [3.63, 3.8) is 0 Å². The molecule has 134 valence electrons. The van der Waals surface area contributed by atoms with Crippen LogP contribution in [0.5, 0.6) is 0 Å². The third-order valence-corrected chi connectivity index (χ3v) is 6.31. The lowest BCUT2D eigenvalue weighted by Gasteiger charge is -2.22. The van der Waals surface area contributed by atoms with Gasteiger partial charge in [-0.1, -0.05) is 39.3 Å². The van der Waals surface area contributed by atoms with Crippen molar-refractivity contribution in [3.05, 3.63) is 61.9 Å². The highest BCUT2D eigenvalue weighted by atomic mass is 79.9. The summed E-state index contributed by atoms with van der Waals surface area (Å²) in [6.07, 6.45) is 1.64. The van der Waals surface area contributed by atoms with Crippen molar-refractivity contribution < 1.29 is 14.4 Å². The maximum Gasteiger partial charge on any atom is 0.276 e. The lowest BCUT2D eigenvalue weighted by atomic mass is 9.95. The smallest absolute Gasteiger partial charge is 0.276 e. The van der Waals surface area contributed by atoms with Gasteiger partial charge in [-0.05, 0) is 35.9 Å². The first-order valence-electron chi connectivity index (χ1n) is 8.38. The number of carbonyl (C=O) groups excluding carboxylic acids is 1. The Kier molecular flexibility index (Phi) is 4.93. The molecule has 0 atom stereocenters. The molecule has 0 fully saturated rings. The van der Waals surface area contributed by atoms with Crippen molar-refractivity contribution >= 4 is 33.2 Å². The molecule has 2 aromatic heterocycles. The molecule has 1 N–H and O–H groups in total. The van der Waals surface area contributed by atoms with Gasteiger partial charge in [0.15, 0.2) is 11.5 Å². The molecule has 5 nitrogen and oxygen atoms in total. The summed E-state index contributed by atoms with van der Waals surface area (Å²) < 4.78 is 6.46. The molecule has 0 unspecified atom stereocenters. The first-order chi connectivity index (χ1) is 12.7. The highest BCUT2D eigenvalue weighted by Gasteiger charge is 2.30. The van der Waals surface area contributed by atoms with Crippen LogP contribution in [-0.4, -0.2) is 34.2 Å². The summed E-state index contributed by atoms with van der Waals surface area (Å²) in [4.78, 5) is 16.0. The van der Waals surface area contributed by atoms with E-state index in [2.05, 4.69) is 21.1 Å². The summed E-state index contributed by atoms with van der Waals surface area (Å²) in [5.41, 5.74) is 3.25. The minimum absolute atomic E-state index is 0.106. The standard InChI is InChI=1S/C19H17BrN2O3S/c20-15-4-2-1-3-12(15)11-22(8-9-23)19(24)17-14-5-6-16-13(7-10-26-16)18(14)25-21-17/h1-4,7,10,23H,5-6,8-9,11H2. The number of aromatic nitrogens is 1. The topological polar surface area (TPSA) is 66.6 Å². The second kappa shape index (κ2) is 7.34. The predicted molar refractivity (Wildman–Crippen MR) is 103 cm³/mol. The fourth-order valence-corrected chi connectivity index (χ4v) is 4.54. The number of rotatable bonds is 5. The predicted octanol–water partition coefficient (Wildman–Crippen LogP) is 3.90. The summed E-state index contributed by atoms with van der Waals surface area (Å²) in [6, 6.07) is 9.77. The number of thiophene rings is 1. The van der Waals surface area contributed by atoms with Crippen LogP contribution < -0.4 is 0 Å². The van der Waals surface area contributed by atoms with E-state index in [1.807, 2.05) is 35.7 Å². The summed E-state index contributed by atoms with van der Waals surface area (Å²) >= 11 is 5.22. The van der Waals surface area contributed by atoms with Gasteiger partial charge < -0.3 is 14.5 Å². The van der Waals surface area contributed by atoms with Gasteiger partial charge in [0.1, 0.15) is 0 Å². The molecule has 0 radical (unpaired) electrons. The summed E-state index contributed by atoms with van der Waals surface area (Å²) in [6.45, 7) is 0.530. The molecule has 0 saturated carbocycles. The molecule has 4 rings (SSSR count). The van der Waals surface area contributed by atoms with Crippen molar-refractivity contribution in [2.75, 3.05) is 13.2 Å². The van der Waals surface area contributed by atoms with E-state index in [0.717, 1.165) is 34.0 Å². The van der Waals surface area contributed by atoms with E-state index in [1.165, 1.54) is 4.88 Å². The first kappa shape index (κ1) is 17.5. The fourth-order valence-electron chi connectivity index (χ4n) is 3.25. The zero-order valence-electron chi connectivity index (χ0n) is 13.9. The fraction of sp³-hybridized carbons (Fsp3) is 0.263. The molecule has 2 heterocycles. The molecule has 1 aromatic carbocycles. The average molecular weight is 433 g/mol. The molecule has 0 aliphatic heterocycles. The Balaban J connectivity index is 1.65. The van der Waals surface area contributed by atoms with E-state index in [9.17, 15) is 9.90 Å². The number of benzene rings is 1. The third kappa shape index (κ3) is 3.11. The van der Waals surface area contributed by atoms with E-state index in [-0.39, 0.29) is 19.1 Å². The van der Waals surface area contributed by atoms with Gasteiger partial charge in [-0.15, -0.1) is 11.3 Å². The maximum absolute atomic E-state index is 13.1. The van der Waals surface area contributed by atoms with Crippen molar-refractivity contribution in [2.45, 2.75) is 19.4 Å². The summed E-state index contributed by atoms with van der Waals surface area (Å²) in [7, 11) is 0. The molecule has 3 aromatic rings. The van der Waals surface area contributed by atoms with Crippen molar-refractivity contribution in [1.29, 1.82) is 0 Å². The monoisotopic (exact) mass is 432 g/mol. The quantitative estimate of drug-likeness (QED) is 0.663. The zero-order chi connectivity index (χ0) is 18.1. The zero-order valence-corrected chi connectivity index (χ0v) is 16.3. The normalized spacial score (nSPS) is 12.5. The Hall–Kier alpha value is -1.96.